The van der Waals surface area contributed by atoms with Crippen molar-refractivity contribution >= 4 is 17.1 Å². The zero-order valence-corrected chi connectivity index (χ0v) is 9.68. The van der Waals surface area contributed by atoms with Crippen LogP contribution in [0.25, 0.3) is 11.2 Å². The smallest absolute Gasteiger partial charge is 0.245 e. The Labute approximate surface area is 98.9 Å². The van der Waals surface area contributed by atoms with Crippen LogP contribution in [0.1, 0.15) is 19.8 Å². The highest BCUT2D eigenvalue weighted by Gasteiger charge is 2.08. The van der Waals surface area contributed by atoms with Gasteiger partial charge in [-0.1, -0.05) is 19.1 Å². The number of ether oxygens (including phenoxy) is 1. The molecule has 0 bridgehead atoms. The first-order valence-electron chi connectivity index (χ1n) is 5.55. The van der Waals surface area contributed by atoms with E-state index in [2.05, 4.69) is 39.0 Å². The number of hydrogen-bond donors (Lipinski definition) is 2. The first-order valence-corrected chi connectivity index (χ1v) is 5.55. The number of nitrogens with zero attached hydrogens (tertiary/aromatic N) is 3. The van der Waals surface area contributed by atoms with Gasteiger partial charge in [-0.05, 0) is 12.8 Å². The molecule has 0 saturated carbocycles. The van der Waals surface area contributed by atoms with Gasteiger partial charge in [0.1, 0.15) is 5.52 Å². The molecule has 0 radical (unpaired) electrons. The Morgan fingerprint density at radius 3 is 3.12 bits per heavy atom. The number of allylic oxidation sites excluding steroid dienone is 1. The van der Waals surface area contributed by atoms with Crippen molar-refractivity contribution < 1.29 is 4.74 Å². The predicted molar refractivity (Wildman–Crippen MR) is 65.6 cm³/mol. The molecule has 6 heteroatoms. The first-order chi connectivity index (χ1) is 8.31. The largest absolute Gasteiger partial charge is 0.476 e. The van der Waals surface area contributed by atoms with Gasteiger partial charge < -0.3 is 15.5 Å². The number of fused-ring (bicyclic) bond motifs is 1. The molecule has 0 atom stereocenters. The highest BCUT2D eigenvalue weighted by Crippen LogP contribution is 2.19. The summed E-state index contributed by atoms with van der Waals surface area (Å²) in [7, 11) is 0. The van der Waals surface area contributed by atoms with Crippen LogP contribution in [0.15, 0.2) is 18.5 Å². The van der Waals surface area contributed by atoms with Crippen LogP contribution in [0.5, 0.6) is 5.88 Å². The monoisotopic (exact) mass is 233 g/mol. The first kappa shape index (κ1) is 11.4. The summed E-state index contributed by atoms with van der Waals surface area (Å²) in [4.78, 5) is 15.0. The number of aromatic nitrogens is 4. The van der Waals surface area contributed by atoms with Crippen molar-refractivity contribution in [3.8, 4) is 5.88 Å². The summed E-state index contributed by atoms with van der Waals surface area (Å²) in [6.45, 7) is 2.65. The standard InChI is InChI=1S/C11H15N5O/c1-2-3-4-5-6-17-10-8-9(14-7-13-8)15-11(12)16-10/h3-4,7H,2,5-6H2,1H3,(H3,12,13,14,15,16)/b4-3+. The van der Waals surface area contributed by atoms with Gasteiger partial charge in [-0.15, -0.1) is 0 Å². The number of nitrogens with one attached hydrogen (secondary N) is 1. The van der Waals surface area contributed by atoms with Crippen molar-refractivity contribution in [2.45, 2.75) is 19.8 Å². The Morgan fingerprint density at radius 1 is 1.41 bits per heavy atom. The third-order valence-corrected chi connectivity index (χ3v) is 2.20. The van der Waals surface area contributed by atoms with E-state index in [1.807, 2.05) is 0 Å². The molecule has 0 saturated heterocycles. The van der Waals surface area contributed by atoms with Gasteiger partial charge in [0.05, 0.1) is 12.9 Å². The fourth-order valence-electron chi connectivity index (χ4n) is 1.44. The molecule has 0 aliphatic rings. The normalized spacial score (nSPS) is 11.4. The molecule has 0 spiro atoms. The van der Waals surface area contributed by atoms with Crippen LogP contribution in [0.3, 0.4) is 0 Å². The second-order valence-corrected chi connectivity index (χ2v) is 3.50. The van der Waals surface area contributed by atoms with E-state index in [1.54, 1.807) is 6.33 Å². The number of nitrogens with two attached hydrogens (primary N) is 1. The molecule has 0 amide bonds. The minimum Gasteiger partial charge on any atom is -0.476 e. The molecular formula is C11H15N5O. The Balaban J connectivity index is 2.07. The molecule has 6 nitrogen and oxygen atoms in total. The predicted octanol–water partition coefficient (Wildman–Crippen LogP) is 1.67. The van der Waals surface area contributed by atoms with Crippen molar-refractivity contribution in [3.63, 3.8) is 0 Å². The summed E-state index contributed by atoms with van der Waals surface area (Å²) in [5.41, 5.74) is 6.77. The van der Waals surface area contributed by atoms with Gasteiger partial charge in [-0.25, -0.2) is 4.98 Å². The minimum absolute atomic E-state index is 0.170. The van der Waals surface area contributed by atoms with Gasteiger partial charge in [-0.2, -0.15) is 9.97 Å². The second-order valence-electron chi connectivity index (χ2n) is 3.50. The lowest BCUT2D eigenvalue weighted by Crippen LogP contribution is -2.02. The highest BCUT2D eigenvalue weighted by atomic mass is 16.5. The van der Waals surface area contributed by atoms with Crippen LogP contribution in [-0.4, -0.2) is 26.5 Å². The molecule has 2 aromatic heterocycles. The van der Waals surface area contributed by atoms with E-state index in [-0.39, 0.29) is 5.95 Å². The van der Waals surface area contributed by atoms with E-state index in [9.17, 15) is 0 Å². The number of aromatic amines is 1. The summed E-state index contributed by atoms with van der Waals surface area (Å²) in [6.07, 6.45) is 7.60. The summed E-state index contributed by atoms with van der Waals surface area (Å²) < 4.78 is 5.55. The quantitative estimate of drug-likeness (QED) is 0.605. The van der Waals surface area contributed by atoms with Gasteiger partial charge in [0, 0.05) is 0 Å². The summed E-state index contributed by atoms with van der Waals surface area (Å²) in [5.74, 6) is 0.624. The molecule has 2 aromatic rings. The van der Waals surface area contributed by atoms with Crippen molar-refractivity contribution in [3.05, 3.63) is 18.5 Å². The van der Waals surface area contributed by atoms with Crippen molar-refractivity contribution in [1.82, 2.24) is 19.9 Å². The number of imidazole rings is 1. The number of anilines is 1. The van der Waals surface area contributed by atoms with E-state index in [0.717, 1.165) is 12.8 Å². The molecule has 2 rings (SSSR count). The van der Waals surface area contributed by atoms with E-state index in [0.29, 0.717) is 23.7 Å². The molecule has 0 aromatic carbocycles. The Kier molecular flexibility index (Phi) is 3.54. The number of nitrogen functional groups attached to an aromatic ring is 1. The van der Waals surface area contributed by atoms with Crippen LogP contribution < -0.4 is 10.5 Å². The summed E-state index contributed by atoms with van der Waals surface area (Å²) in [5, 5.41) is 0. The average Bonchev–Trinajstić information content (AvgIpc) is 2.76. The van der Waals surface area contributed by atoms with Crippen LogP contribution in [0.2, 0.25) is 0 Å². The Bertz CT molecular complexity index is 520. The molecule has 3 N–H and O–H groups in total. The number of rotatable bonds is 5. The topological polar surface area (TPSA) is 89.7 Å². The summed E-state index contributed by atoms with van der Waals surface area (Å²) >= 11 is 0. The Hall–Kier alpha value is -2.11. The average molecular weight is 233 g/mol. The van der Waals surface area contributed by atoms with Gasteiger partial charge in [0.2, 0.25) is 11.8 Å². The van der Waals surface area contributed by atoms with Crippen molar-refractivity contribution in [2.75, 3.05) is 12.3 Å². The van der Waals surface area contributed by atoms with Gasteiger partial charge >= 0.3 is 0 Å². The van der Waals surface area contributed by atoms with Crippen LogP contribution in [0, 0.1) is 0 Å². The van der Waals surface area contributed by atoms with Crippen LogP contribution >= 0.6 is 0 Å². The lowest BCUT2D eigenvalue weighted by molar-refractivity contribution is 0.316. The van der Waals surface area contributed by atoms with E-state index in [1.165, 1.54) is 0 Å². The molecular weight excluding hydrogens is 218 g/mol. The maximum atomic E-state index is 5.57. The molecule has 0 aliphatic carbocycles. The number of H-pyrrole nitrogens is 1. The SMILES string of the molecule is CC/C=C/CCOc1nc(N)nc2nc[nH]c12. The highest BCUT2D eigenvalue weighted by molar-refractivity contribution is 5.76. The molecule has 0 fully saturated rings. The minimum atomic E-state index is 0.170. The fourth-order valence-corrected chi connectivity index (χ4v) is 1.44. The number of hydrogen-bond acceptors (Lipinski definition) is 5. The molecule has 0 aliphatic heterocycles. The van der Waals surface area contributed by atoms with Crippen LogP contribution in [0.4, 0.5) is 5.95 Å². The lowest BCUT2D eigenvalue weighted by Gasteiger charge is -2.04. The van der Waals surface area contributed by atoms with E-state index in [4.69, 9.17) is 10.5 Å². The van der Waals surface area contributed by atoms with E-state index < -0.39 is 0 Å². The summed E-state index contributed by atoms with van der Waals surface area (Å²) in [6, 6.07) is 0. The van der Waals surface area contributed by atoms with Crippen molar-refractivity contribution in [1.29, 1.82) is 0 Å². The third-order valence-electron chi connectivity index (χ3n) is 2.20. The molecule has 0 unspecified atom stereocenters. The van der Waals surface area contributed by atoms with Crippen molar-refractivity contribution in [2.24, 2.45) is 0 Å². The maximum absolute atomic E-state index is 5.57. The second kappa shape index (κ2) is 5.29. The molecule has 17 heavy (non-hydrogen) atoms. The van der Waals surface area contributed by atoms with Gasteiger partial charge in [-0.3, -0.25) is 0 Å². The fraction of sp³-hybridized carbons (Fsp3) is 0.364. The van der Waals surface area contributed by atoms with Gasteiger partial charge in [0.15, 0.2) is 5.65 Å². The van der Waals surface area contributed by atoms with Gasteiger partial charge in [0.25, 0.3) is 0 Å². The van der Waals surface area contributed by atoms with Crippen LogP contribution in [-0.2, 0) is 0 Å². The maximum Gasteiger partial charge on any atom is 0.245 e. The zero-order valence-electron chi connectivity index (χ0n) is 9.68. The molecule has 90 valence electrons. The van der Waals surface area contributed by atoms with E-state index >= 15 is 0 Å². The zero-order chi connectivity index (χ0) is 12.1. The lowest BCUT2D eigenvalue weighted by atomic mass is 10.3. The third kappa shape index (κ3) is 2.72. The molecule has 2 heterocycles. The Morgan fingerprint density at radius 2 is 2.29 bits per heavy atom.